The molecule has 4 nitrogen and oxygen atoms in total. The number of imide groups is 1. The monoisotopic (exact) mass is 234 g/mol. The molecule has 2 rings (SSSR count). The third kappa shape index (κ3) is 1.94. The predicted octanol–water partition coefficient (Wildman–Crippen LogP) is 1.24. The zero-order valence-electron chi connectivity index (χ0n) is 8.64. The maximum Gasteiger partial charge on any atom is 0.267 e. The summed E-state index contributed by atoms with van der Waals surface area (Å²) in [7, 11) is 1.47. The summed E-state index contributed by atoms with van der Waals surface area (Å²) in [5.41, 5.74) is 6.22. The molecule has 1 heterocycles. The number of likely N-dealkylation sites (N-methyl/N-ethyl adjacent to an activating group) is 1. The van der Waals surface area contributed by atoms with E-state index in [2.05, 4.69) is 0 Å². The Bertz CT molecular complexity index is 479. The van der Waals surface area contributed by atoms with Crippen molar-refractivity contribution in [1.82, 2.24) is 4.90 Å². The van der Waals surface area contributed by atoms with Gasteiger partial charge in [-0.15, -0.1) is 0 Å². The first-order chi connectivity index (χ1) is 7.58. The van der Waals surface area contributed by atoms with Crippen LogP contribution in [0.4, 0.5) is 5.69 Å². The molecule has 0 spiro atoms. The third-order valence-electron chi connectivity index (χ3n) is 2.21. The molecule has 1 aliphatic heterocycles. The van der Waals surface area contributed by atoms with Gasteiger partial charge in [0.25, 0.3) is 11.8 Å². The molecular weight excluding hydrogens is 224 g/mol. The molecule has 1 aromatic carbocycles. The molecular formula is C11H10N2O2S. The number of nitrogen functional groups attached to an aromatic ring is 1. The SMILES string of the molecule is CN1C(=O)C=C(Sc2ccc(N)cc2)C1=O. The van der Waals surface area contributed by atoms with E-state index in [-0.39, 0.29) is 11.8 Å². The van der Waals surface area contributed by atoms with Crippen LogP contribution in [-0.4, -0.2) is 23.8 Å². The molecule has 0 aromatic heterocycles. The van der Waals surface area contributed by atoms with Gasteiger partial charge in [-0.05, 0) is 24.3 Å². The zero-order valence-corrected chi connectivity index (χ0v) is 9.45. The molecule has 0 saturated heterocycles. The van der Waals surface area contributed by atoms with Gasteiger partial charge >= 0.3 is 0 Å². The third-order valence-corrected chi connectivity index (χ3v) is 3.23. The molecule has 82 valence electrons. The highest BCUT2D eigenvalue weighted by Crippen LogP contribution is 2.31. The van der Waals surface area contributed by atoms with Crippen LogP contribution in [0.2, 0.25) is 0 Å². The van der Waals surface area contributed by atoms with Crippen LogP contribution in [0.15, 0.2) is 40.1 Å². The molecule has 2 amide bonds. The van der Waals surface area contributed by atoms with E-state index in [1.807, 2.05) is 12.1 Å². The van der Waals surface area contributed by atoms with Crippen LogP contribution in [0.1, 0.15) is 0 Å². The first kappa shape index (κ1) is 10.8. The maximum absolute atomic E-state index is 11.6. The van der Waals surface area contributed by atoms with Crippen LogP contribution >= 0.6 is 11.8 Å². The van der Waals surface area contributed by atoms with E-state index in [1.54, 1.807) is 12.1 Å². The number of thioether (sulfide) groups is 1. The lowest BCUT2D eigenvalue weighted by molar-refractivity contribution is -0.135. The summed E-state index contributed by atoms with van der Waals surface area (Å²) in [5, 5.41) is 0. The van der Waals surface area contributed by atoms with Gasteiger partial charge in [-0.25, -0.2) is 0 Å². The molecule has 1 aromatic rings. The fraction of sp³-hybridized carbons (Fsp3) is 0.0909. The number of carbonyl (C=O) groups excluding carboxylic acids is 2. The molecule has 0 fully saturated rings. The second-order valence-corrected chi connectivity index (χ2v) is 4.50. The van der Waals surface area contributed by atoms with Crippen molar-refractivity contribution in [3.8, 4) is 0 Å². The molecule has 2 N–H and O–H groups in total. The van der Waals surface area contributed by atoms with Gasteiger partial charge in [0.05, 0.1) is 4.91 Å². The average molecular weight is 234 g/mol. The van der Waals surface area contributed by atoms with E-state index in [9.17, 15) is 9.59 Å². The van der Waals surface area contributed by atoms with E-state index in [0.717, 1.165) is 9.80 Å². The number of carbonyl (C=O) groups is 2. The van der Waals surface area contributed by atoms with Crippen molar-refractivity contribution in [3.63, 3.8) is 0 Å². The Kier molecular flexibility index (Phi) is 2.70. The lowest BCUT2D eigenvalue weighted by Crippen LogP contribution is -2.25. The Balaban J connectivity index is 2.17. The predicted molar refractivity (Wildman–Crippen MR) is 62.6 cm³/mol. The van der Waals surface area contributed by atoms with Gasteiger partial charge < -0.3 is 5.73 Å². The summed E-state index contributed by atoms with van der Waals surface area (Å²) in [6.45, 7) is 0. The number of amides is 2. The standard InChI is InChI=1S/C11H10N2O2S/c1-13-10(14)6-9(11(13)15)16-8-4-2-7(12)3-5-8/h2-6H,12H2,1H3. The summed E-state index contributed by atoms with van der Waals surface area (Å²) < 4.78 is 0. The first-order valence-electron chi connectivity index (χ1n) is 4.65. The highest BCUT2D eigenvalue weighted by atomic mass is 32.2. The minimum absolute atomic E-state index is 0.258. The Morgan fingerprint density at radius 1 is 1.19 bits per heavy atom. The van der Waals surface area contributed by atoms with Gasteiger partial charge in [0.2, 0.25) is 0 Å². The lowest BCUT2D eigenvalue weighted by atomic mass is 10.3. The van der Waals surface area contributed by atoms with Crippen LogP contribution in [0, 0.1) is 0 Å². The Labute approximate surface area is 97.1 Å². The first-order valence-corrected chi connectivity index (χ1v) is 5.46. The summed E-state index contributed by atoms with van der Waals surface area (Å²) in [6, 6.07) is 7.15. The van der Waals surface area contributed by atoms with Crippen LogP contribution in [-0.2, 0) is 9.59 Å². The van der Waals surface area contributed by atoms with E-state index < -0.39 is 0 Å². The zero-order chi connectivity index (χ0) is 11.7. The molecule has 0 unspecified atom stereocenters. The van der Waals surface area contributed by atoms with Crippen molar-refractivity contribution in [1.29, 1.82) is 0 Å². The van der Waals surface area contributed by atoms with E-state index >= 15 is 0 Å². The molecule has 5 heteroatoms. The summed E-state index contributed by atoms with van der Waals surface area (Å²) >= 11 is 1.27. The molecule has 0 bridgehead atoms. The van der Waals surface area contributed by atoms with Crippen molar-refractivity contribution in [2.45, 2.75) is 4.90 Å². The Morgan fingerprint density at radius 2 is 1.81 bits per heavy atom. The normalized spacial score (nSPS) is 15.6. The van der Waals surface area contributed by atoms with Gasteiger partial charge in [-0.1, -0.05) is 11.8 Å². The Morgan fingerprint density at radius 3 is 2.31 bits per heavy atom. The van der Waals surface area contributed by atoms with Crippen molar-refractivity contribution < 1.29 is 9.59 Å². The quantitative estimate of drug-likeness (QED) is 0.617. The molecule has 0 aliphatic carbocycles. The smallest absolute Gasteiger partial charge is 0.267 e. The second-order valence-electron chi connectivity index (χ2n) is 3.38. The topological polar surface area (TPSA) is 63.4 Å². The number of nitrogens with two attached hydrogens (primary N) is 1. The second kappa shape index (κ2) is 4.02. The highest BCUT2D eigenvalue weighted by Gasteiger charge is 2.27. The van der Waals surface area contributed by atoms with Crippen molar-refractivity contribution >= 4 is 29.3 Å². The van der Waals surface area contributed by atoms with Crippen LogP contribution in [0.5, 0.6) is 0 Å². The number of rotatable bonds is 2. The van der Waals surface area contributed by atoms with Crippen LogP contribution in [0.3, 0.4) is 0 Å². The van der Waals surface area contributed by atoms with E-state index in [1.165, 1.54) is 24.9 Å². The molecule has 16 heavy (non-hydrogen) atoms. The number of anilines is 1. The summed E-state index contributed by atoms with van der Waals surface area (Å²) in [5.74, 6) is -0.533. The highest BCUT2D eigenvalue weighted by molar-refractivity contribution is 8.04. The van der Waals surface area contributed by atoms with Crippen molar-refractivity contribution in [2.75, 3.05) is 12.8 Å². The summed E-state index contributed by atoms with van der Waals surface area (Å²) in [4.78, 5) is 25.2. The number of benzene rings is 1. The average Bonchev–Trinajstić information content (AvgIpc) is 2.50. The number of hydrogen-bond donors (Lipinski definition) is 1. The van der Waals surface area contributed by atoms with Gasteiger partial charge in [0, 0.05) is 23.7 Å². The fourth-order valence-corrected chi connectivity index (χ4v) is 2.18. The van der Waals surface area contributed by atoms with Crippen LogP contribution < -0.4 is 5.73 Å². The minimum atomic E-state index is -0.275. The molecule has 0 atom stereocenters. The Hall–Kier alpha value is -1.75. The van der Waals surface area contributed by atoms with Gasteiger partial charge in [-0.2, -0.15) is 0 Å². The van der Waals surface area contributed by atoms with Crippen molar-refractivity contribution in [2.24, 2.45) is 0 Å². The van der Waals surface area contributed by atoms with Crippen molar-refractivity contribution in [3.05, 3.63) is 35.2 Å². The maximum atomic E-state index is 11.6. The van der Waals surface area contributed by atoms with Gasteiger partial charge in [0.1, 0.15) is 0 Å². The molecule has 1 aliphatic rings. The summed E-state index contributed by atoms with van der Waals surface area (Å²) in [6.07, 6.45) is 1.35. The molecule has 0 saturated carbocycles. The fourth-order valence-electron chi connectivity index (χ4n) is 1.27. The minimum Gasteiger partial charge on any atom is -0.399 e. The van der Waals surface area contributed by atoms with Gasteiger partial charge in [0.15, 0.2) is 0 Å². The van der Waals surface area contributed by atoms with Gasteiger partial charge in [-0.3, -0.25) is 14.5 Å². The number of nitrogens with zero attached hydrogens (tertiary/aromatic N) is 1. The number of hydrogen-bond acceptors (Lipinski definition) is 4. The van der Waals surface area contributed by atoms with Crippen LogP contribution in [0.25, 0.3) is 0 Å². The molecule has 0 radical (unpaired) electrons. The van der Waals surface area contributed by atoms with E-state index in [4.69, 9.17) is 5.73 Å². The van der Waals surface area contributed by atoms with E-state index in [0.29, 0.717) is 10.6 Å². The lowest BCUT2D eigenvalue weighted by Gasteiger charge is -2.06. The largest absolute Gasteiger partial charge is 0.399 e.